The number of para-hydroxylation sites is 5. The van der Waals surface area contributed by atoms with Crippen molar-refractivity contribution >= 4 is 44.7 Å². The molecule has 470 valence electrons. The zero-order chi connectivity index (χ0) is 66.3. The van der Waals surface area contributed by atoms with Gasteiger partial charge in [-0.25, -0.2) is 19.9 Å². The van der Waals surface area contributed by atoms with Crippen LogP contribution in [0.2, 0.25) is 0 Å². The fourth-order valence-corrected chi connectivity index (χ4v) is 17.8. The van der Waals surface area contributed by atoms with Crippen LogP contribution >= 0.6 is 0 Å². The van der Waals surface area contributed by atoms with Gasteiger partial charge >= 0.3 is 0 Å². The molecule has 14 aromatic carbocycles. The summed E-state index contributed by atoms with van der Waals surface area (Å²) < 4.78 is 0. The minimum Gasteiger partial charge on any atom is -0.311 e. The lowest BCUT2D eigenvalue weighted by Crippen LogP contribution is -2.27. The molecule has 0 radical (unpaired) electrons. The largest absolute Gasteiger partial charge is 0.311 e. The highest BCUT2D eigenvalue weighted by atomic mass is 15.1. The molecular weight excluding hydrogens is 1220 g/mol. The van der Waals surface area contributed by atoms with Gasteiger partial charge in [0.25, 0.3) is 0 Å². The van der Waals surface area contributed by atoms with E-state index in [2.05, 4.69) is 333 Å². The second-order valence-electron chi connectivity index (χ2n) is 27.3. The topological polar surface area (TPSA) is 54.8 Å². The van der Waals surface area contributed by atoms with Gasteiger partial charge in [0.1, 0.15) is 0 Å². The summed E-state index contributed by atoms with van der Waals surface area (Å²) in [6.45, 7) is 0. The van der Waals surface area contributed by atoms with Crippen molar-refractivity contribution in [2.24, 2.45) is 0 Å². The molecule has 2 aromatic heterocycles. The fourth-order valence-electron chi connectivity index (χ4n) is 17.8. The molecule has 5 heteroatoms. The summed E-state index contributed by atoms with van der Waals surface area (Å²) in [5.41, 5.74) is 39.0. The predicted molar refractivity (Wildman–Crippen MR) is 413 cm³/mol. The second kappa shape index (κ2) is 22.3. The lowest BCUT2D eigenvalue weighted by molar-refractivity contribution is 0.780. The summed E-state index contributed by atoms with van der Waals surface area (Å²) >= 11 is 0. The first-order chi connectivity index (χ1) is 50.1. The van der Waals surface area contributed by atoms with Crippen molar-refractivity contribution in [2.45, 2.75) is 23.7 Å². The fraction of sp³-hybridized carbons (Fsp3) is 0.0417. The number of anilines is 3. The Kier molecular flexibility index (Phi) is 12.6. The van der Waals surface area contributed by atoms with Gasteiger partial charge in [-0.15, -0.1) is 0 Å². The molecule has 1 atom stereocenters. The zero-order valence-electron chi connectivity index (χ0n) is 55.1. The van der Waals surface area contributed by atoms with Crippen molar-refractivity contribution in [2.75, 3.05) is 4.90 Å². The Morgan fingerprint density at radius 3 is 0.960 bits per heavy atom. The number of fused-ring (bicyclic) bond motifs is 21. The molecule has 1 unspecified atom stereocenters. The number of benzene rings is 14. The normalized spacial score (nSPS) is 15.1. The van der Waals surface area contributed by atoms with Gasteiger partial charge < -0.3 is 4.90 Å². The molecule has 16 aromatic rings. The van der Waals surface area contributed by atoms with Crippen molar-refractivity contribution < 1.29 is 0 Å². The van der Waals surface area contributed by atoms with Crippen molar-refractivity contribution in [1.29, 1.82) is 0 Å². The van der Waals surface area contributed by atoms with Crippen LogP contribution < -0.4 is 4.90 Å². The molecule has 0 bridgehead atoms. The van der Waals surface area contributed by atoms with Crippen LogP contribution in [0, 0.1) is 0 Å². The van der Waals surface area contributed by atoms with Crippen molar-refractivity contribution in [1.82, 2.24) is 19.9 Å². The van der Waals surface area contributed by atoms with Gasteiger partial charge in [-0.1, -0.05) is 273 Å². The summed E-state index contributed by atoms with van der Waals surface area (Å²) in [6, 6.07) is 122. The molecule has 0 saturated heterocycles. The quantitative estimate of drug-likeness (QED) is 0.144. The Bertz CT molecular complexity index is 6120. The molecule has 5 aliphatic carbocycles. The lowest BCUT2D eigenvalue weighted by atomic mass is 9.69. The number of aromatic nitrogens is 4. The molecule has 5 nitrogen and oxygen atoms in total. The lowest BCUT2D eigenvalue weighted by Gasteiger charge is -2.32. The summed E-state index contributed by atoms with van der Waals surface area (Å²) in [5, 5.41) is 0. The van der Waals surface area contributed by atoms with E-state index in [4.69, 9.17) is 19.9 Å². The third kappa shape index (κ3) is 8.44. The maximum absolute atomic E-state index is 5.48. The van der Waals surface area contributed by atoms with E-state index >= 15 is 0 Å². The van der Waals surface area contributed by atoms with E-state index in [0.717, 1.165) is 119 Å². The van der Waals surface area contributed by atoms with Crippen LogP contribution in [0.4, 0.5) is 17.1 Å². The number of hydrogen-bond acceptors (Lipinski definition) is 5. The van der Waals surface area contributed by atoms with Crippen LogP contribution in [-0.2, 0) is 10.8 Å². The highest BCUT2D eigenvalue weighted by molar-refractivity contribution is 6.00. The summed E-state index contributed by atoms with van der Waals surface area (Å²) in [4.78, 5) is 24.1. The van der Waals surface area contributed by atoms with Gasteiger partial charge in [-0.05, 0) is 197 Å². The molecule has 0 amide bonds. The van der Waals surface area contributed by atoms with E-state index in [9.17, 15) is 0 Å². The third-order valence-electron chi connectivity index (χ3n) is 22.2. The highest BCUT2D eigenvalue weighted by Crippen LogP contribution is 2.65. The van der Waals surface area contributed by atoms with Crippen molar-refractivity contribution in [3.63, 3.8) is 0 Å². The minimum atomic E-state index is -0.469. The van der Waals surface area contributed by atoms with Gasteiger partial charge in [0.15, 0.2) is 0 Å². The SMILES string of the molecule is C1=CC2=C(CC1)c1ccccc1C21c2ccccc2-c2ccc(-c3nc4ccccc4nc3-c3ccc(-c4ccc(N(c5ccccc5)c5ccc(-c6ccc(-c7nc8ccccc8nc7-c7ccc8c(c7)C7(c9ccccc9-c9ccccc97)c7ccccc7-8)cc6)cc5)cc4)cc3)cc21. The van der Waals surface area contributed by atoms with Gasteiger partial charge in [0.2, 0.25) is 0 Å². The summed E-state index contributed by atoms with van der Waals surface area (Å²) in [6.07, 6.45) is 6.88. The Labute approximate surface area is 586 Å². The van der Waals surface area contributed by atoms with Gasteiger partial charge in [0, 0.05) is 39.3 Å². The average Bonchev–Trinajstić information content (AvgIpc) is 1.52. The molecular formula is C96H61N5. The monoisotopic (exact) mass is 1280 g/mol. The Balaban J connectivity index is 0.587. The Morgan fingerprint density at radius 2 is 0.535 bits per heavy atom. The predicted octanol–water partition coefficient (Wildman–Crippen LogP) is 23.8. The highest BCUT2D eigenvalue weighted by Gasteiger charge is 2.54. The van der Waals surface area contributed by atoms with Crippen LogP contribution in [0.5, 0.6) is 0 Å². The minimum absolute atomic E-state index is 0.419. The smallest absolute Gasteiger partial charge is 0.0973 e. The molecule has 0 saturated carbocycles. The number of allylic oxidation sites excluding steroid dienone is 4. The molecule has 2 heterocycles. The van der Waals surface area contributed by atoms with Crippen LogP contribution in [0.3, 0.4) is 0 Å². The standard InChI is InChI=1S/C96H61N5/c1-2-20-68(21-3-1)101(69-52-46-62(47-53-69)60-38-42-64(43-39-60)91-93(99-89-36-18-16-34-87(89)97-91)66-50-56-77-75-26-8-14-32-83(75)95(85(77)58-66)79-28-10-4-22-71(79)72-23-5-11-29-80(72)95)70-54-48-63(49-55-70)61-40-44-65(45-41-61)92-94(100-90-37-19-17-35-88(90)98-92)67-51-57-78-76-27-9-15-33-84(76)96(86(78)59-67)81-30-12-6-24-73(81)74-25-7-13-31-82(74)96/h1-6,8-24,26-59H,7,25H2. The molecule has 0 fully saturated rings. The average molecular weight is 1280 g/mol. The van der Waals surface area contributed by atoms with Crippen LogP contribution in [0.15, 0.2) is 351 Å². The van der Waals surface area contributed by atoms with Crippen molar-refractivity contribution in [3.8, 4) is 101 Å². The van der Waals surface area contributed by atoms with E-state index in [1.54, 1.807) is 0 Å². The van der Waals surface area contributed by atoms with E-state index < -0.39 is 10.8 Å². The Morgan fingerprint density at radius 1 is 0.238 bits per heavy atom. The first-order valence-corrected chi connectivity index (χ1v) is 35.1. The van der Waals surface area contributed by atoms with Crippen LogP contribution in [0.25, 0.3) is 128 Å². The Hall–Kier alpha value is -13.0. The van der Waals surface area contributed by atoms with Crippen LogP contribution in [0.1, 0.15) is 57.3 Å². The first kappa shape index (κ1) is 57.1. The van der Waals surface area contributed by atoms with Gasteiger partial charge in [-0.2, -0.15) is 0 Å². The molecule has 2 spiro atoms. The molecule has 21 rings (SSSR count). The third-order valence-corrected chi connectivity index (χ3v) is 22.2. The number of rotatable bonds is 9. The number of nitrogens with zero attached hydrogens (tertiary/aromatic N) is 5. The molecule has 0 aliphatic heterocycles. The molecule has 0 N–H and O–H groups in total. The van der Waals surface area contributed by atoms with Crippen molar-refractivity contribution in [3.05, 3.63) is 396 Å². The van der Waals surface area contributed by atoms with E-state index in [-0.39, 0.29) is 0 Å². The molecule has 5 aliphatic rings. The van der Waals surface area contributed by atoms with Crippen LogP contribution in [-0.4, -0.2) is 19.9 Å². The first-order valence-electron chi connectivity index (χ1n) is 35.1. The maximum Gasteiger partial charge on any atom is 0.0973 e. The zero-order valence-corrected chi connectivity index (χ0v) is 55.1. The summed E-state index contributed by atoms with van der Waals surface area (Å²) in [7, 11) is 0. The van der Waals surface area contributed by atoms with E-state index in [1.807, 2.05) is 18.2 Å². The second-order valence-corrected chi connectivity index (χ2v) is 27.3. The molecule has 101 heavy (non-hydrogen) atoms. The van der Waals surface area contributed by atoms with E-state index in [0.29, 0.717) is 0 Å². The number of hydrogen-bond donors (Lipinski definition) is 0. The maximum atomic E-state index is 5.48. The van der Waals surface area contributed by atoms with Gasteiger partial charge in [-0.3, -0.25) is 0 Å². The van der Waals surface area contributed by atoms with E-state index in [1.165, 1.54) is 89.0 Å². The van der Waals surface area contributed by atoms with Gasteiger partial charge in [0.05, 0.1) is 55.7 Å². The summed E-state index contributed by atoms with van der Waals surface area (Å²) in [5.74, 6) is 0.